The Labute approximate surface area is 111 Å². The van der Waals surface area contributed by atoms with Crippen molar-refractivity contribution in [2.75, 3.05) is 19.0 Å². The second-order valence-electron chi connectivity index (χ2n) is 4.53. The molecule has 0 aromatic carbocycles. The van der Waals surface area contributed by atoms with Crippen LogP contribution in [0.1, 0.15) is 29.8 Å². The molecular weight excluding hydrogens is 248 g/mol. The highest BCUT2D eigenvalue weighted by Crippen LogP contribution is 2.31. The molecule has 2 atom stereocenters. The second-order valence-corrected chi connectivity index (χ2v) is 5.67. The summed E-state index contributed by atoms with van der Waals surface area (Å²) in [6, 6.07) is 0.288. The highest BCUT2D eigenvalue weighted by molar-refractivity contribution is 7.99. The molecule has 18 heavy (non-hydrogen) atoms. The summed E-state index contributed by atoms with van der Waals surface area (Å²) in [7, 11) is 1.82. The fourth-order valence-corrected chi connectivity index (χ4v) is 3.12. The molecule has 1 heterocycles. The van der Waals surface area contributed by atoms with Crippen molar-refractivity contribution in [1.29, 1.82) is 0 Å². The van der Waals surface area contributed by atoms with Crippen molar-refractivity contribution < 1.29 is 4.79 Å². The molecule has 1 aliphatic carbocycles. The van der Waals surface area contributed by atoms with Gasteiger partial charge in [0.1, 0.15) is 0 Å². The van der Waals surface area contributed by atoms with Gasteiger partial charge in [0, 0.05) is 30.7 Å². The van der Waals surface area contributed by atoms with Crippen LogP contribution in [0.15, 0.2) is 12.4 Å². The number of carbonyl (C=O) groups excluding carboxylic acids is 1. The Hall–Kier alpha value is -1.30. The minimum absolute atomic E-state index is 0.132. The maximum atomic E-state index is 12.3. The normalized spacial score (nSPS) is 23.0. The van der Waals surface area contributed by atoms with Gasteiger partial charge >= 0.3 is 0 Å². The molecule has 0 saturated heterocycles. The van der Waals surface area contributed by atoms with E-state index in [9.17, 15) is 4.79 Å². The van der Waals surface area contributed by atoms with Gasteiger partial charge in [-0.25, -0.2) is 9.97 Å². The Balaban J connectivity index is 2.08. The van der Waals surface area contributed by atoms with E-state index in [1.54, 1.807) is 4.90 Å². The van der Waals surface area contributed by atoms with Crippen molar-refractivity contribution in [2.24, 2.45) is 0 Å². The molecule has 1 fully saturated rings. The van der Waals surface area contributed by atoms with Crippen molar-refractivity contribution in [3.05, 3.63) is 18.1 Å². The maximum absolute atomic E-state index is 12.3. The highest BCUT2D eigenvalue weighted by Gasteiger charge is 2.30. The molecule has 0 unspecified atom stereocenters. The standard InChI is InChI=1S/C12H18N4OS/c1-16(8-3-4-9(7-8)18-2)12(17)10-11(13)15-6-5-14-10/h5-6,8-9H,3-4,7H2,1-2H3,(H2,13,15)/t8-,9-/m1/s1. The van der Waals surface area contributed by atoms with Gasteiger partial charge in [-0.05, 0) is 25.5 Å². The number of aromatic nitrogens is 2. The van der Waals surface area contributed by atoms with Crippen LogP contribution in [0.25, 0.3) is 0 Å². The van der Waals surface area contributed by atoms with E-state index in [-0.39, 0.29) is 23.5 Å². The van der Waals surface area contributed by atoms with Gasteiger partial charge in [-0.1, -0.05) is 0 Å². The summed E-state index contributed by atoms with van der Waals surface area (Å²) in [6.07, 6.45) is 8.37. The summed E-state index contributed by atoms with van der Waals surface area (Å²) >= 11 is 1.87. The zero-order valence-corrected chi connectivity index (χ0v) is 11.5. The molecule has 1 aliphatic rings. The van der Waals surface area contributed by atoms with Gasteiger partial charge in [-0.15, -0.1) is 0 Å². The van der Waals surface area contributed by atoms with E-state index in [4.69, 9.17) is 5.73 Å². The van der Waals surface area contributed by atoms with Crippen LogP contribution in [-0.2, 0) is 0 Å². The van der Waals surface area contributed by atoms with Crippen molar-refractivity contribution >= 4 is 23.5 Å². The molecule has 1 aromatic heterocycles. The van der Waals surface area contributed by atoms with Crippen molar-refractivity contribution in [3.8, 4) is 0 Å². The lowest BCUT2D eigenvalue weighted by Gasteiger charge is -2.24. The summed E-state index contributed by atoms with van der Waals surface area (Å²) in [4.78, 5) is 22.0. The Morgan fingerprint density at radius 2 is 2.17 bits per heavy atom. The van der Waals surface area contributed by atoms with Gasteiger partial charge in [-0.3, -0.25) is 4.79 Å². The van der Waals surface area contributed by atoms with Crippen molar-refractivity contribution in [1.82, 2.24) is 14.9 Å². The Morgan fingerprint density at radius 3 is 2.78 bits per heavy atom. The molecule has 0 radical (unpaired) electrons. The lowest BCUT2D eigenvalue weighted by atomic mass is 10.2. The third-order valence-electron chi connectivity index (χ3n) is 3.49. The predicted octanol–water partition coefficient (Wildman–Crippen LogP) is 1.41. The Bertz CT molecular complexity index is 440. The highest BCUT2D eigenvalue weighted by atomic mass is 32.2. The lowest BCUT2D eigenvalue weighted by molar-refractivity contribution is 0.0730. The van der Waals surface area contributed by atoms with Crippen LogP contribution in [0.2, 0.25) is 0 Å². The van der Waals surface area contributed by atoms with Gasteiger partial charge < -0.3 is 10.6 Å². The van der Waals surface area contributed by atoms with Gasteiger partial charge in [0.15, 0.2) is 11.5 Å². The number of rotatable bonds is 3. The average Bonchev–Trinajstić information content (AvgIpc) is 2.86. The van der Waals surface area contributed by atoms with Gasteiger partial charge in [0.2, 0.25) is 0 Å². The Kier molecular flexibility index (Phi) is 4.06. The van der Waals surface area contributed by atoms with E-state index >= 15 is 0 Å². The van der Waals surface area contributed by atoms with E-state index in [1.807, 2.05) is 18.8 Å². The lowest BCUT2D eigenvalue weighted by Crippen LogP contribution is -2.36. The zero-order chi connectivity index (χ0) is 13.1. The molecule has 98 valence electrons. The second kappa shape index (κ2) is 5.56. The first-order chi connectivity index (χ1) is 8.63. The number of thioether (sulfide) groups is 1. The summed E-state index contributed by atoms with van der Waals surface area (Å²) in [5, 5.41) is 0.657. The molecule has 1 saturated carbocycles. The van der Waals surface area contributed by atoms with E-state index in [2.05, 4.69) is 16.2 Å². The topological polar surface area (TPSA) is 72.1 Å². The fraction of sp³-hybridized carbons (Fsp3) is 0.583. The van der Waals surface area contributed by atoms with Crippen molar-refractivity contribution in [2.45, 2.75) is 30.6 Å². The number of nitrogens with zero attached hydrogens (tertiary/aromatic N) is 3. The molecule has 1 amide bonds. The smallest absolute Gasteiger partial charge is 0.276 e. The van der Waals surface area contributed by atoms with Gasteiger partial charge in [-0.2, -0.15) is 11.8 Å². The zero-order valence-electron chi connectivity index (χ0n) is 10.7. The average molecular weight is 266 g/mol. The van der Waals surface area contributed by atoms with Crippen LogP contribution in [0, 0.1) is 0 Å². The number of nitrogen functional groups attached to an aromatic ring is 1. The third-order valence-corrected chi connectivity index (χ3v) is 4.58. The molecule has 0 spiro atoms. The molecular formula is C12H18N4OS. The third kappa shape index (κ3) is 2.58. The number of hydrogen-bond acceptors (Lipinski definition) is 5. The Morgan fingerprint density at radius 1 is 1.44 bits per heavy atom. The van der Waals surface area contributed by atoms with Crippen LogP contribution in [0.5, 0.6) is 0 Å². The van der Waals surface area contributed by atoms with E-state index < -0.39 is 0 Å². The SMILES string of the molecule is CS[C@@H]1CC[C@@H](N(C)C(=O)c2nccnc2N)C1. The van der Waals surface area contributed by atoms with E-state index in [0.29, 0.717) is 5.25 Å². The minimum Gasteiger partial charge on any atom is -0.382 e. The molecule has 5 nitrogen and oxygen atoms in total. The van der Waals surface area contributed by atoms with E-state index in [0.717, 1.165) is 12.8 Å². The summed E-state index contributed by atoms with van der Waals surface area (Å²) < 4.78 is 0. The summed E-state index contributed by atoms with van der Waals surface area (Å²) in [6.45, 7) is 0. The molecule has 6 heteroatoms. The van der Waals surface area contributed by atoms with Crippen LogP contribution in [0.3, 0.4) is 0 Å². The molecule has 0 bridgehead atoms. The first-order valence-corrected chi connectivity index (χ1v) is 7.28. The largest absolute Gasteiger partial charge is 0.382 e. The molecule has 0 aliphatic heterocycles. The van der Waals surface area contributed by atoms with Crippen LogP contribution in [-0.4, -0.2) is 45.4 Å². The molecule has 2 rings (SSSR count). The van der Waals surface area contributed by atoms with Crippen LogP contribution in [0.4, 0.5) is 5.82 Å². The number of amides is 1. The first kappa shape index (κ1) is 13.1. The van der Waals surface area contributed by atoms with Gasteiger partial charge in [0.05, 0.1) is 0 Å². The summed E-state index contributed by atoms with van der Waals surface area (Å²) in [5.74, 6) is 0.0705. The summed E-state index contributed by atoms with van der Waals surface area (Å²) in [5.41, 5.74) is 5.94. The van der Waals surface area contributed by atoms with Crippen molar-refractivity contribution in [3.63, 3.8) is 0 Å². The number of nitrogens with two attached hydrogens (primary N) is 1. The maximum Gasteiger partial charge on any atom is 0.276 e. The number of anilines is 1. The van der Waals surface area contributed by atoms with Gasteiger partial charge in [0.25, 0.3) is 5.91 Å². The minimum atomic E-state index is -0.132. The van der Waals surface area contributed by atoms with E-state index in [1.165, 1.54) is 18.8 Å². The quantitative estimate of drug-likeness (QED) is 0.895. The number of hydrogen-bond donors (Lipinski definition) is 1. The fourth-order valence-electron chi connectivity index (χ4n) is 2.33. The monoisotopic (exact) mass is 266 g/mol. The van der Waals surface area contributed by atoms with Crippen LogP contribution >= 0.6 is 11.8 Å². The predicted molar refractivity (Wildman–Crippen MR) is 73.5 cm³/mol. The first-order valence-electron chi connectivity index (χ1n) is 6.00. The number of carbonyl (C=O) groups is 1. The molecule has 1 aromatic rings. The van der Waals surface area contributed by atoms with Crippen LogP contribution < -0.4 is 5.73 Å². The molecule has 2 N–H and O–H groups in total.